The van der Waals surface area contributed by atoms with E-state index in [1.807, 2.05) is 13.0 Å². The Morgan fingerprint density at radius 3 is 2.14 bits per heavy atom. The molecule has 0 atom stereocenters. The minimum absolute atomic E-state index is 0.0869. The first kappa shape index (κ1) is 11.2. The van der Waals surface area contributed by atoms with Crippen molar-refractivity contribution in [1.29, 1.82) is 0 Å². The van der Waals surface area contributed by atoms with E-state index >= 15 is 0 Å². The van der Waals surface area contributed by atoms with Crippen molar-refractivity contribution in [3.8, 4) is 0 Å². The minimum atomic E-state index is -3.26. The fourth-order valence-electron chi connectivity index (χ4n) is 1.09. The molecule has 0 bridgehead atoms. The number of hydrogen-bond donors (Lipinski definition) is 0. The predicted octanol–water partition coefficient (Wildman–Crippen LogP) is 1.39. The molecule has 0 unspecified atom stereocenters. The van der Waals surface area contributed by atoms with E-state index in [2.05, 4.69) is 0 Å². The molecule has 1 aromatic rings. The van der Waals surface area contributed by atoms with Crippen molar-refractivity contribution >= 4 is 10.0 Å². The molecule has 1 aromatic carbocycles. The van der Waals surface area contributed by atoms with Crippen LogP contribution in [0.1, 0.15) is 5.56 Å². The minimum Gasteiger partial charge on any atom is -0.222 e. The lowest BCUT2D eigenvalue weighted by atomic mass is 10.2. The van der Waals surface area contributed by atoms with Gasteiger partial charge in [-0.1, -0.05) is 12.1 Å². The van der Waals surface area contributed by atoms with Gasteiger partial charge in [0.15, 0.2) is 0 Å². The molecule has 0 saturated heterocycles. The van der Waals surface area contributed by atoms with Gasteiger partial charge >= 0.3 is 10.0 Å². The number of benzene rings is 1. The van der Waals surface area contributed by atoms with Crippen LogP contribution >= 0.6 is 0 Å². The van der Waals surface area contributed by atoms with E-state index < -0.39 is 10.0 Å². The molecule has 0 aliphatic carbocycles. The highest BCUT2D eigenvalue weighted by atomic mass is 32.2. The fraction of sp³-hybridized carbons (Fsp3) is 0.400. The quantitative estimate of drug-likeness (QED) is 0.697. The summed E-state index contributed by atoms with van der Waals surface area (Å²) in [4.78, 5) is 0.380. The van der Waals surface area contributed by atoms with Gasteiger partial charge in [-0.2, -0.15) is 8.42 Å². The van der Waals surface area contributed by atoms with Crippen LogP contribution in [0.5, 0.6) is 0 Å². The molecule has 0 spiro atoms. The summed E-state index contributed by atoms with van der Waals surface area (Å²) in [5, 5.41) is 0. The molecule has 78 valence electrons. The number of hydrogen-bond acceptors (Lipinski definition) is 2. The highest BCUT2D eigenvalue weighted by Gasteiger charge is 2.29. The van der Waals surface area contributed by atoms with E-state index in [0.29, 0.717) is 4.90 Å². The third-order valence-corrected chi connectivity index (χ3v) is 4.30. The number of quaternary nitrogens is 1. The second-order valence-electron chi connectivity index (χ2n) is 4.18. The van der Waals surface area contributed by atoms with Crippen LogP contribution in [0.15, 0.2) is 29.2 Å². The highest BCUT2D eigenvalue weighted by molar-refractivity contribution is 7.85. The Hall–Kier alpha value is -0.870. The maximum atomic E-state index is 12.0. The van der Waals surface area contributed by atoms with Crippen molar-refractivity contribution in [2.45, 2.75) is 11.8 Å². The molecule has 4 heteroatoms. The SMILES string of the molecule is Cc1cccc(S(=O)(=O)[N+](C)(C)C)c1. The second kappa shape index (κ2) is 3.37. The van der Waals surface area contributed by atoms with Gasteiger partial charge in [-0.25, -0.2) is 3.89 Å². The summed E-state index contributed by atoms with van der Waals surface area (Å²) in [6, 6.07) is 6.97. The number of sulfonamides is 1. The van der Waals surface area contributed by atoms with E-state index in [0.717, 1.165) is 5.56 Å². The van der Waals surface area contributed by atoms with Crippen molar-refractivity contribution in [3.05, 3.63) is 29.8 Å². The van der Waals surface area contributed by atoms with Crippen molar-refractivity contribution in [2.24, 2.45) is 0 Å². The summed E-state index contributed by atoms with van der Waals surface area (Å²) in [5.41, 5.74) is 0.958. The molecule has 0 N–H and O–H groups in total. The monoisotopic (exact) mass is 214 g/mol. The van der Waals surface area contributed by atoms with Gasteiger partial charge in [-0.3, -0.25) is 0 Å². The first-order valence-electron chi connectivity index (χ1n) is 4.38. The van der Waals surface area contributed by atoms with Gasteiger partial charge in [0.2, 0.25) is 0 Å². The van der Waals surface area contributed by atoms with Crippen LogP contribution < -0.4 is 0 Å². The molecule has 0 aromatic heterocycles. The van der Waals surface area contributed by atoms with Crippen LogP contribution in [-0.2, 0) is 10.0 Å². The zero-order valence-corrected chi connectivity index (χ0v) is 9.80. The van der Waals surface area contributed by atoms with Gasteiger partial charge < -0.3 is 0 Å². The topological polar surface area (TPSA) is 34.1 Å². The van der Waals surface area contributed by atoms with Crippen molar-refractivity contribution in [2.75, 3.05) is 21.1 Å². The predicted molar refractivity (Wildman–Crippen MR) is 56.4 cm³/mol. The molecule has 0 aliphatic heterocycles. The average molecular weight is 214 g/mol. The lowest BCUT2D eigenvalue weighted by Crippen LogP contribution is -2.40. The molecular formula is C10H16NO2S+. The Balaban J connectivity index is 3.32. The summed E-state index contributed by atoms with van der Waals surface area (Å²) in [6.07, 6.45) is 0. The van der Waals surface area contributed by atoms with E-state index in [9.17, 15) is 8.42 Å². The van der Waals surface area contributed by atoms with E-state index in [-0.39, 0.29) is 3.89 Å². The van der Waals surface area contributed by atoms with Gasteiger partial charge in [0.05, 0.1) is 21.1 Å². The molecule has 3 nitrogen and oxygen atoms in total. The van der Waals surface area contributed by atoms with Crippen LogP contribution in [0.2, 0.25) is 0 Å². The van der Waals surface area contributed by atoms with Crippen LogP contribution in [0.3, 0.4) is 0 Å². The Bertz CT molecular complexity index is 430. The van der Waals surface area contributed by atoms with Crippen molar-refractivity contribution in [1.82, 2.24) is 0 Å². The summed E-state index contributed by atoms with van der Waals surface area (Å²) >= 11 is 0. The molecular weight excluding hydrogens is 198 g/mol. The zero-order chi connectivity index (χ0) is 11.0. The number of rotatable bonds is 2. The molecule has 0 saturated carbocycles. The second-order valence-corrected chi connectivity index (χ2v) is 6.70. The third kappa shape index (κ3) is 1.96. The van der Waals surface area contributed by atoms with Crippen LogP contribution in [0, 0.1) is 6.92 Å². The standard InChI is InChI=1S/C10H16NO2S/c1-9-6-5-7-10(8-9)14(12,13)11(2,3)4/h5-8H,1-4H3/q+1. The maximum absolute atomic E-state index is 12.0. The molecule has 1 rings (SSSR count). The van der Waals surface area contributed by atoms with E-state index in [4.69, 9.17) is 0 Å². The number of aryl methyl sites for hydroxylation is 1. The Morgan fingerprint density at radius 2 is 1.71 bits per heavy atom. The zero-order valence-electron chi connectivity index (χ0n) is 8.98. The van der Waals surface area contributed by atoms with E-state index in [1.54, 1.807) is 39.3 Å². The largest absolute Gasteiger partial charge is 0.326 e. The van der Waals surface area contributed by atoms with Crippen LogP contribution in [0.4, 0.5) is 0 Å². The maximum Gasteiger partial charge on any atom is 0.326 e. The first-order chi connectivity index (χ1) is 6.25. The summed E-state index contributed by atoms with van der Waals surface area (Å²) < 4.78 is 23.9. The molecule has 0 radical (unpaired) electrons. The van der Waals surface area contributed by atoms with Gasteiger partial charge in [-0.05, 0) is 24.6 Å². The summed E-state index contributed by atoms with van der Waals surface area (Å²) in [7, 11) is 1.69. The molecule has 14 heavy (non-hydrogen) atoms. The van der Waals surface area contributed by atoms with Gasteiger partial charge in [0.25, 0.3) is 0 Å². The van der Waals surface area contributed by atoms with Crippen molar-refractivity contribution < 1.29 is 12.3 Å². The van der Waals surface area contributed by atoms with E-state index in [1.165, 1.54) is 0 Å². The lowest BCUT2D eigenvalue weighted by molar-refractivity contribution is -0.739. The van der Waals surface area contributed by atoms with Crippen molar-refractivity contribution in [3.63, 3.8) is 0 Å². The molecule has 0 amide bonds. The van der Waals surface area contributed by atoms with Gasteiger partial charge in [0.1, 0.15) is 4.90 Å². The number of nitrogens with zero attached hydrogens (tertiary/aromatic N) is 1. The van der Waals surface area contributed by atoms with Crippen LogP contribution in [-0.4, -0.2) is 33.4 Å². The third-order valence-electron chi connectivity index (χ3n) is 2.01. The average Bonchev–Trinajstić information content (AvgIpc) is 2.02. The van der Waals surface area contributed by atoms with Gasteiger partial charge in [-0.15, -0.1) is 0 Å². The fourth-order valence-corrected chi connectivity index (χ4v) is 2.31. The van der Waals surface area contributed by atoms with Crippen LogP contribution in [0.25, 0.3) is 0 Å². The normalized spacial score (nSPS) is 12.9. The summed E-state index contributed by atoms with van der Waals surface area (Å²) in [6.45, 7) is 1.88. The molecule has 0 fully saturated rings. The Morgan fingerprint density at radius 1 is 1.14 bits per heavy atom. The van der Waals surface area contributed by atoms with Gasteiger partial charge in [0, 0.05) is 0 Å². The molecule has 0 aliphatic rings. The first-order valence-corrected chi connectivity index (χ1v) is 5.82. The Labute approximate surface area is 85.6 Å². The lowest BCUT2D eigenvalue weighted by Gasteiger charge is -2.22. The summed E-state index contributed by atoms with van der Waals surface area (Å²) in [5.74, 6) is 0. The molecule has 0 heterocycles. The highest BCUT2D eigenvalue weighted by Crippen LogP contribution is 2.18. The Kier molecular flexibility index (Phi) is 2.69. The smallest absolute Gasteiger partial charge is 0.222 e.